The zero-order valence-corrected chi connectivity index (χ0v) is 10.3. The van der Waals surface area contributed by atoms with Gasteiger partial charge in [-0.2, -0.15) is 0 Å². The van der Waals surface area contributed by atoms with Gasteiger partial charge in [-0.3, -0.25) is 0 Å². The van der Waals surface area contributed by atoms with E-state index < -0.39 is 5.60 Å². The van der Waals surface area contributed by atoms with E-state index in [4.69, 9.17) is 4.74 Å². The van der Waals surface area contributed by atoms with Crippen LogP contribution in [0.15, 0.2) is 0 Å². The summed E-state index contributed by atoms with van der Waals surface area (Å²) in [5.41, 5.74) is -0.548. The van der Waals surface area contributed by atoms with Gasteiger partial charge < -0.3 is 15.2 Å². The SMILES string of the molecule is COC1CCCC(O)(CNCC(C)C)C1. The van der Waals surface area contributed by atoms with E-state index >= 15 is 0 Å². The van der Waals surface area contributed by atoms with Crippen molar-refractivity contribution < 1.29 is 9.84 Å². The minimum Gasteiger partial charge on any atom is -0.388 e. The number of aliphatic hydroxyl groups is 1. The van der Waals surface area contributed by atoms with Gasteiger partial charge in [0.2, 0.25) is 0 Å². The lowest BCUT2D eigenvalue weighted by atomic mass is 9.83. The molecule has 1 rings (SSSR count). The van der Waals surface area contributed by atoms with Gasteiger partial charge in [-0.15, -0.1) is 0 Å². The molecule has 0 radical (unpaired) electrons. The molecule has 3 heteroatoms. The maximum absolute atomic E-state index is 10.3. The molecule has 0 aromatic carbocycles. The van der Waals surface area contributed by atoms with Crippen molar-refractivity contribution in [1.29, 1.82) is 0 Å². The molecule has 0 aliphatic heterocycles. The molecular weight excluding hydrogens is 190 g/mol. The smallest absolute Gasteiger partial charge is 0.0796 e. The Bertz CT molecular complexity index is 184. The fourth-order valence-corrected chi connectivity index (χ4v) is 2.24. The monoisotopic (exact) mass is 215 g/mol. The highest BCUT2D eigenvalue weighted by Crippen LogP contribution is 2.29. The first-order valence-corrected chi connectivity index (χ1v) is 6.01. The van der Waals surface area contributed by atoms with Crippen molar-refractivity contribution in [1.82, 2.24) is 5.32 Å². The van der Waals surface area contributed by atoms with Crippen molar-refractivity contribution in [2.75, 3.05) is 20.2 Å². The van der Waals surface area contributed by atoms with Crippen LogP contribution in [0.4, 0.5) is 0 Å². The molecule has 1 saturated carbocycles. The second-order valence-electron chi connectivity index (χ2n) is 5.20. The van der Waals surface area contributed by atoms with Gasteiger partial charge >= 0.3 is 0 Å². The Labute approximate surface area is 93.2 Å². The normalized spacial score (nSPS) is 32.2. The average Bonchev–Trinajstić information content (AvgIpc) is 2.16. The third-order valence-electron chi connectivity index (χ3n) is 3.12. The molecule has 0 spiro atoms. The summed E-state index contributed by atoms with van der Waals surface area (Å²) in [5.74, 6) is 0.635. The van der Waals surface area contributed by atoms with E-state index in [1.165, 1.54) is 0 Å². The van der Waals surface area contributed by atoms with Gasteiger partial charge in [0.25, 0.3) is 0 Å². The number of hydrogen-bond donors (Lipinski definition) is 2. The predicted molar refractivity (Wildman–Crippen MR) is 61.9 cm³/mol. The first kappa shape index (κ1) is 12.9. The summed E-state index contributed by atoms with van der Waals surface area (Å²) in [6.07, 6.45) is 4.07. The molecule has 1 aliphatic rings. The fourth-order valence-electron chi connectivity index (χ4n) is 2.24. The Kier molecular flexibility index (Phi) is 5.03. The zero-order valence-electron chi connectivity index (χ0n) is 10.3. The number of nitrogens with one attached hydrogen (secondary N) is 1. The molecule has 0 amide bonds. The summed E-state index contributed by atoms with van der Waals surface area (Å²) in [4.78, 5) is 0. The number of rotatable bonds is 5. The van der Waals surface area contributed by atoms with Crippen molar-refractivity contribution in [2.24, 2.45) is 5.92 Å². The van der Waals surface area contributed by atoms with Crippen LogP contribution < -0.4 is 5.32 Å². The zero-order chi connectivity index (χ0) is 11.3. The Morgan fingerprint density at radius 2 is 2.27 bits per heavy atom. The Morgan fingerprint density at radius 3 is 2.87 bits per heavy atom. The van der Waals surface area contributed by atoms with Crippen molar-refractivity contribution in [3.05, 3.63) is 0 Å². The van der Waals surface area contributed by atoms with Crippen LogP contribution >= 0.6 is 0 Å². The molecule has 15 heavy (non-hydrogen) atoms. The number of hydrogen-bond acceptors (Lipinski definition) is 3. The molecule has 0 aromatic rings. The van der Waals surface area contributed by atoms with Gasteiger partial charge in [-0.05, 0) is 31.7 Å². The Morgan fingerprint density at radius 1 is 1.53 bits per heavy atom. The summed E-state index contributed by atoms with van der Waals surface area (Å²) >= 11 is 0. The molecule has 90 valence electrons. The van der Waals surface area contributed by atoms with E-state index in [0.717, 1.165) is 32.2 Å². The summed E-state index contributed by atoms with van der Waals surface area (Å²) in [6.45, 7) is 6.02. The molecule has 0 heterocycles. The molecule has 2 atom stereocenters. The standard InChI is InChI=1S/C12H25NO2/c1-10(2)8-13-9-12(14)6-4-5-11(7-12)15-3/h10-11,13-14H,4-9H2,1-3H3. The maximum Gasteiger partial charge on any atom is 0.0796 e. The highest BCUT2D eigenvalue weighted by molar-refractivity contribution is 4.88. The van der Waals surface area contributed by atoms with E-state index in [1.54, 1.807) is 7.11 Å². The Hall–Kier alpha value is -0.120. The van der Waals surface area contributed by atoms with Crippen LogP contribution in [-0.2, 0) is 4.74 Å². The largest absolute Gasteiger partial charge is 0.388 e. The van der Waals surface area contributed by atoms with Crippen molar-refractivity contribution in [3.8, 4) is 0 Å². The molecule has 1 fully saturated rings. The first-order chi connectivity index (χ1) is 7.06. The molecule has 2 N–H and O–H groups in total. The molecule has 3 nitrogen and oxygen atoms in total. The summed E-state index contributed by atoms with van der Waals surface area (Å²) in [7, 11) is 1.73. The van der Waals surface area contributed by atoms with E-state index in [2.05, 4.69) is 19.2 Å². The first-order valence-electron chi connectivity index (χ1n) is 6.01. The van der Waals surface area contributed by atoms with Crippen LogP contribution in [0.25, 0.3) is 0 Å². The third-order valence-corrected chi connectivity index (χ3v) is 3.12. The molecule has 2 unspecified atom stereocenters. The molecule has 1 aliphatic carbocycles. The van der Waals surface area contributed by atoms with Gasteiger partial charge in [-0.25, -0.2) is 0 Å². The van der Waals surface area contributed by atoms with E-state index in [-0.39, 0.29) is 6.10 Å². The maximum atomic E-state index is 10.3. The lowest BCUT2D eigenvalue weighted by Crippen LogP contribution is -2.46. The van der Waals surface area contributed by atoms with Crippen LogP contribution in [0, 0.1) is 5.92 Å². The van der Waals surface area contributed by atoms with Crippen molar-refractivity contribution >= 4 is 0 Å². The van der Waals surface area contributed by atoms with Crippen LogP contribution in [0.2, 0.25) is 0 Å². The Balaban J connectivity index is 2.30. The highest BCUT2D eigenvalue weighted by Gasteiger charge is 2.33. The third kappa shape index (κ3) is 4.49. The van der Waals surface area contributed by atoms with Gasteiger partial charge in [-0.1, -0.05) is 13.8 Å². The lowest BCUT2D eigenvalue weighted by Gasteiger charge is -2.36. The summed E-state index contributed by atoms with van der Waals surface area (Å²) in [5, 5.41) is 13.7. The van der Waals surface area contributed by atoms with Crippen LogP contribution in [0.1, 0.15) is 39.5 Å². The number of ether oxygens (including phenoxy) is 1. The minimum atomic E-state index is -0.548. The van der Waals surface area contributed by atoms with Crippen LogP contribution in [-0.4, -0.2) is 37.0 Å². The molecular formula is C12H25NO2. The van der Waals surface area contributed by atoms with Gasteiger partial charge in [0.15, 0.2) is 0 Å². The second-order valence-corrected chi connectivity index (χ2v) is 5.20. The summed E-state index contributed by atoms with van der Waals surface area (Å²) in [6, 6.07) is 0. The molecule has 0 aromatic heterocycles. The van der Waals surface area contributed by atoms with E-state index in [1.807, 2.05) is 0 Å². The van der Waals surface area contributed by atoms with Crippen LogP contribution in [0.3, 0.4) is 0 Å². The van der Waals surface area contributed by atoms with Gasteiger partial charge in [0, 0.05) is 20.1 Å². The predicted octanol–water partition coefficient (Wildman–Crippen LogP) is 1.55. The topological polar surface area (TPSA) is 41.5 Å². The molecule has 0 saturated heterocycles. The average molecular weight is 215 g/mol. The van der Waals surface area contributed by atoms with E-state index in [0.29, 0.717) is 12.5 Å². The van der Waals surface area contributed by atoms with Crippen LogP contribution in [0.5, 0.6) is 0 Å². The quantitative estimate of drug-likeness (QED) is 0.731. The second kappa shape index (κ2) is 5.83. The van der Waals surface area contributed by atoms with Crippen molar-refractivity contribution in [3.63, 3.8) is 0 Å². The van der Waals surface area contributed by atoms with Gasteiger partial charge in [0.05, 0.1) is 11.7 Å². The number of methoxy groups -OCH3 is 1. The van der Waals surface area contributed by atoms with Crippen molar-refractivity contribution in [2.45, 2.75) is 51.2 Å². The highest BCUT2D eigenvalue weighted by atomic mass is 16.5. The van der Waals surface area contributed by atoms with Gasteiger partial charge in [0.1, 0.15) is 0 Å². The lowest BCUT2D eigenvalue weighted by molar-refractivity contribution is -0.0573. The summed E-state index contributed by atoms with van der Waals surface area (Å²) < 4.78 is 5.33. The fraction of sp³-hybridized carbons (Fsp3) is 1.00. The minimum absolute atomic E-state index is 0.240. The molecule has 0 bridgehead atoms. The van der Waals surface area contributed by atoms with E-state index in [9.17, 15) is 5.11 Å².